The summed E-state index contributed by atoms with van der Waals surface area (Å²) in [6.45, 7) is 0. The molecule has 2 aromatic carbocycles. The number of hydrogen-bond acceptors (Lipinski definition) is 2. The number of ether oxygens (including phenoxy) is 1. The lowest BCUT2D eigenvalue weighted by molar-refractivity contribution is -0.110. The molecule has 0 unspecified atom stereocenters. The number of anilines is 1. The first-order chi connectivity index (χ1) is 11.2. The summed E-state index contributed by atoms with van der Waals surface area (Å²) in [5.41, 5.74) is 4.16. The highest BCUT2D eigenvalue weighted by molar-refractivity contribution is 6.36. The van der Waals surface area contributed by atoms with Crippen molar-refractivity contribution in [1.82, 2.24) is 4.98 Å². The van der Waals surface area contributed by atoms with Gasteiger partial charge in [-0.05, 0) is 30.3 Å². The predicted octanol–water partition coefficient (Wildman–Crippen LogP) is 4.32. The summed E-state index contributed by atoms with van der Waals surface area (Å²) < 4.78 is 5.23. The number of H-pyrrole nitrogens is 1. The Labute approximate surface area is 137 Å². The lowest BCUT2D eigenvalue weighted by Gasteiger charge is -2.00. The topological polar surface area (TPSA) is 54.1 Å². The fourth-order valence-corrected chi connectivity index (χ4v) is 3.01. The number of fused-ring (bicyclic) bond motifs is 2. The Morgan fingerprint density at radius 1 is 1.17 bits per heavy atom. The van der Waals surface area contributed by atoms with E-state index in [1.807, 2.05) is 36.5 Å². The standard InChI is InChI=1S/C18H13ClN2O2/c1-23-12-3-5-13-10(9-20-16(13)8-12)6-15-14-4-2-11(19)7-17(14)21-18(15)22/h2-9,20H,1H3,(H,21,22)/b15-6-. The van der Waals surface area contributed by atoms with Gasteiger partial charge in [-0.3, -0.25) is 4.79 Å². The average molecular weight is 325 g/mol. The third-order valence-corrected chi connectivity index (χ3v) is 4.22. The minimum atomic E-state index is -0.120. The molecule has 1 amide bonds. The number of nitrogens with one attached hydrogen (secondary N) is 2. The maximum absolute atomic E-state index is 12.3. The summed E-state index contributed by atoms with van der Waals surface area (Å²) in [4.78, 5) is 15.5. The van der Waals surface area contributed by atoms with Gasteiger partial charge in [-0.25, -0.2) is 0 Å². The number of carbonyl (C=O) groups is 1. The van der Waals surface area contributed by atoms with Crippen molar-refractivity contribution in [1.29, 1.82) is 0 Å². The van der Waals surface area contributed by atoms with Crippen LogP contribution in [0.3, 0.4) is 0 Å². The van der Waals surface area contributed by atoms with Gasteiger partial charge in [-0.15, -0.1) is 0 Å². The molecule has 0 bridgehead atoms. The molecule has 0 saturated heterocycles. The molecule has 0 aliphatic carbocycles. The van der Waals surface area contributed by atoms with Crippen molar-refractivity contribution in [2.45, 2.75) is 0 Å². The summed E-state index contributed by atoms with van der Waals surface area (Å²) in [5.74, 6) is 0.669. The van der Waals surface area contributed by atoms with E-state index in [1.54, 1.807) is 19.2 Å². The van der Waals surface area contributed by atoms with E-state index < -0.39 is 0 Å². The van der Waals surface area contributed by atoms with Crippen LogP contribution in [-0.2, 0) is 4.79 Å². The number of carbonyl (C=O) groups excluding carboxylic acids is 1. The second-order valence-corrected chi connectivity index (χ2v) is 5.79. The van der Waals surface area contributed by atoms with Crippen molar-refractivity contribution in [2.75, 3.05) is 12.4 Å². The van der Waals surface area contributed by atoms with Crippen molar-refractivity contribution >= 4 is 45.7 Å². The largest absolute Gasteiger partial charge is 0.497 e. The van der Waals surface area contributed by atoms with Crippen LogP contribution in [0.15, 0.2) is 42.6 Å². The highest BCUT2D eigenvalue weighted by Gasteiger charge is 2.24. The Hall–Kier alpha value is -2.72. The second-order valence-electron chi connectivity index (χ2n) is 5.36. The van der Waals surface area contributed by atoms with Crippen LogP contribution in [0.4, 0.5) is 5.69 Å². The molecule has 4 rings (SSSR count). The third-order valence-electron chi connectivity index (χ3n) is 3.99. The number of hydrogen-bond donors (Lipinski definition) is 2. The highest BCUT2D eigenvalue weighted by atomic mass is 35.5. The Morgan fingerprint density at radius 3 is 2.87 bits per heavy atom. The first-order valence-electron chi connectivity index (χ1n) is 7.14. The minimum Gasteiger partial charge on any atom is -0.497 e. The van der Waals surface area contributed by atoms with Gasteiger partial charge in [0, 0.05) is 44.9 Å². The van der Waals surface area contributed by atoms with Crippen LogP contribution in [0.1, 0.15) is 11.1 Å². The Bertz CT molecular complexity index is 972. The van der Waals surface area contributed by atoms with Gasteiger partial charge in [-0.2, -0.15) is 0 Å². The first kappa shape index (κ1) is 13.9. The van der Waals surface area contributed by atoms with Gasteiger partial charge in [0.25, 0.3) is 5.91 Å². The summed E-state index contributed by atoms with van der Waals surface area (Å²) in [5, 5.41) is 4.48. The second kappa shape index (κ2) is 5.18. The third kappa shape index (κ3) is 2.28. The van der Waals surface area contributed by atoms with Gasteiger partial charge in [-0.1, -0.05) is 17.7 Å². The zero-order valence-electron chi connectivity index (χ0n) is 12.3. The van der Waals surface area contributed by atoms with Gasteiger partial charge in [0.2, 0.25) is 0 Å². The molecule has 0 saturated carbocycles. The average Bonchev–Trinajstić information content (AvgIpc) is 3.08. The van der Waals surface area contributed by atoms with E-state index in [1.165, 1.54) is 0 Å². The molecule has 4 nitrogen and oxygen atoms in total. The molecule has 0 radical (unpaired) electrons. The van der Waals surface area contributed by atoms with Gasteiger partial charge in [0.05, 0.1) is 12.8 Å². The van der Waals surface area contributed by atoms with E-state index in [-0.39, 0.29) is 5.91 Å². The molecule has 2 heterocycles. The summed E-state index contributed by atoms with van der Waals surface area (Å²) >= 11 is 5.98. The monoisotopic (exact) mass is 324 g/mol. The molecule has 0 fully saturated rings. The van der Waals surface area contributed by atoms with Crippen LogP contribution in [0, 0.1) is 0 Å². The van der Waals surface area contributed by atoms with Gasteiger partial charge < -0.3 is 15.0 Å². The number of aromatic nitrogens is 1. The number of benzene rings is 2. The van der Waals surface area contributed by atoms with E-state index >= 15 is 0 Å². The molecule has 0 spiro atoms. The van der Waals surface area contributed by atoms with Crippen LogP contribution in [0.2, 0.25) is 5.02 Å². The fraction of sp³-hybridized carbons (Fsp3) is 0.0556. The summed E-state index contributed by atoms with van der Waals surface area (Å²) in [6.07, 6.45) is 3.78. The Morgan fingerprint density at radius 2 is 2.04 bits per heavy atom. The van der Waals surface area contributed by atoms with Crippen LogP contribution in [0.5, 0.6) is 5.75 Å². The van der Waals surface area contributed by atoms with Crippen LogP contribution in [-0.4, -0.2) is 18.0 Å². The first-order valence-corrected chi connectivity index (χ1v) is 7.51. The molecule has 5 heteroatoms. The summed E-state index contributed by atoms with van der Waals surface area (Å²) in [7, 11) is 1.64. The number of aromatic amines is 1. The fourth-order valence-electron chi connectivity index (χ4n) is 2.84. The van der Waals surface area contributed by atoms with E-state index in [4.69, 9.17) is 16.3 Å². The summed E-state index contributed by atoms with van der Waals surface area (Å²) in [6, 6.07) is 11.2. The van der Waals surface area contributed by atoms with E-state index in [2.05, 4.69) is 10.3 Å². The smallest absolute Gasteiger partial charge is 0.256 e. The highest BCUT2D eigenvalue weighted by Crippen LogP contribution is 2.36. The molecule has 114 valence electrons. The molecule has 0 atom stereocenters. The number of rotatable bonds is 2. The van der Waals surface area contributed by atoms with Crippen LogP contribution < -0.4 is 10.1 Å². The lowest BCUT2D eigenvalue weighted by Crippen LogP contribution is -2.03. The van der Waals surface area contributed by atoms with Crippen LogP contribution >= 0.6 is 11.6 Å². The number of halogens is 1. The molecule has 3 aromatic rings. The van der Waals surface area contributed by atoms with Crippen molar-refractivity contribution in [3.8, 4) is 5.75 Å². The van der Waals surface area contributed by atoms with E-state index in [9.17, 15) is 4.79 Å². The van der Waals surface area contributed by atoms with E-state index in [0.29, 0.717) is 10.6 Å². The molecule has 1 aliphatic rings. The predicted molar refractivity (Wildman–Crippen MR) is 92.8 cm³/mol. The molecule has 1 aliphatic heterocycles. The van der Waals surface area contributed by atoms with Crippen molar-refractivity contribution < 1.29 is 9.53 Å². The van der Waals surface area contributed by atoms with Gasteiger partial charge in [0.1, 0.15) is 5.75 Å². The van der Waals surface area contributed by atoms with Crippen molar-refractivity contribution in [3.63, 3.8) is 0 Å². The maximum atomic E-state index is 12.3. The molecule has 23 heavy (non-hydrogen) atoms. The van der Waals surface area contributed by atoms with Gasteiger partial charge in [0.15, 0.2) is 0 Å². The number of amides is 1. The minimum absolute atomic E-state index is 0.120. The van der Waals surface area contributed by atoms with Crippen molar-refractivity contribution in [3.05, 3.63) is 58.7 Å². The SMILES string of the molecule is COc1ccc2c(/C=C3\C(=O)Nc4cc(Cl)ccc43)c[nH]c2c1. The lowest BCUT2D eigenvalue weighted by atomic mass is 10.0. The van der Waals surface area contributed by atoms with Crippen LogP contribution in [0.25, 0.3) is 22.6 Å². The quantitative estimate of drug-likeness (QED) is 0.690. The Balaban J connectivity index is 1.84. The van der Waals surface area contributed by atoms with E-state index in [0.717, 1.165) is 33.5 Å². The molecule has 1 aromatic heterocycles. The normalized spacial score (nSPS) is 15.0. The number of methoxy groups -OCH3 is 1. The maximum Gasteiger partial charge on any atom is 0.256 e. The van der Waals surface area contributed by atoms with Gasteiger partial charge >= 0.3 is 0 Å². The molecule has 2 N–H and O–H groups in total. The molecular weight excluding hydrogens is 312 g/mol. The zero-order chi connectivity index (χ0) is 16.0. The van der Waals surface area contributed by atoms with Crippen molar-refractivity contribution in [2.24, 2.45) is 0 Å². The zero-order valence-corrected chi connectivity index (χ0v) is 13.1. The Kier molecular flexibility index (Phi) is 3.13. The molecular formula is C18H13ClN2O2.